The van der Waals surface area contributed by atoms with Crippen molar-refractivity contribution in [3.63, 3.8) is 0 Å². The van der Waals surface area contributed by atoms with Crippen molar-refractivity contribution in [3.05, 3.63) is 68.9 Å². The summed E-state index contributed by atoms with van der Waals surface area (Å²) in [5, 5.41) is 11.7. The van der Waals surface area contributed by atoms with E-state index in [1.54, 1.807) is 12.4 Å². The number of carbonyl (C=O) groups is 1. The first-order valence-electron chi connectivity index (χ1n) is 7.31. The van der Waals surface area contributed by atoms with Crippen LogP contribution in [0, 0.1) is 0 Å². The molecule has 4 rings (SSSR count). The number of rotatable bonds is 3. The Kier molecular flexibility index (Phi) is 3.73. The molecule has 3 N–H and O–H groups in total. The highest BCUT2D eigenvalue weighted by Crippen LogP contribution is 2.37. The zero-order valence-corrected chi connectivity index (χ0v) is 15.5. The van der Waals surface area contributed by atoms with Crippen LogP contribution in [0.5, 0.6) is 0 Å². The summed E-state index contributed by atoms with van der Waals surface area (Å²) in [6, 6.07) is 11.6. The molecule has 4 aromatic rings. The van der Waals surface area contributed by atoms with Crippen LogP contribution in [-0.4, -0.2) is 21.0 Å². The van der Waals surface area contributed by atoms with Gasteiger partial charge >= 0.3 is 5.97 Å². The molecule has 0 aliphatic carbocycles. The zero-order chi connectivity index (χ0) is 16.8. The molecule has 0 unspecified atom stereocenters. The molecule has 0 aliphatic rings. The Bertz CT molecular complexity index is 1000. The van der Waals surface area contributed by atoms with Gasteiger partial charge in [-0.3, -0.25) is 4.79 Å². The Balaban J connectivity index is 1.98. The number of hydrogen-bond acceptors (Lipinski definition) is 1. The van der Waals surface area contributed by atoms with Gasteiger partial charge in [0.2, 0.25) is 0 Å². The maximum absolute atomic E-state index is 12.1. The highest BCUT2D eigenvalue weighted by molar-refractivity contribution is 9.11. The molecule has 0 radical (unpaired) electrons. The largest absolute Gasteiger partial charge is 0.481 e. The first kappa shape index (κ1) is 15.5. The Morgan fingerprint density at radius 1 is 0.875 bits per heavy atom. The highest BCUT2D eigenvalue weighted by Gasteiger charge is 2.28. The van der Waals surface area contributed by atoms with Crippen LogP contribution >= 0.6 is 31.9 Å². The van der Waals surface area contributed by atoms with Crippen LogP contribution in [0.3, 0.4) is 0 Å². The molecule has 2 heterocycles. The molecular weight excluding hydrogens is 436 g/mol. The maximum Gasteiger partial charge on any atom is 0.315 e. The number of hydrogen-bond donors (Lipinski definition) is 3. The van der Waals surface area contributed by atoms with Gasteiger partial charge in [-0.2, -0.15) is 0 Å². The average molecular weight is 448 g/mol. The molecule has 0 amide bonds. The number of aliphatic carboxylic acids is 1. The van der Waals surface area contributed by atoms with Crippen molar-refractivity contribution < 1.29 is 9.90 Å². The summed E-state index contributed by atoms with van der Waals surface area (Å²) in [5.41, 5.74) is 3.30. The number of H-pyrrole nitrogens is 2. The van der Waals surface area contributed by atoms with Crippen molar-refractivity contribution in [1.82, 2.24) is 9.97 Å². The Labute approximate surface area is 154 Å². The Morgan fingerprint density at radius 2 is 1.33 bits per heavy atom. The second-order valence-corrected chi connectivity index (χ2v) is 7.29. The number of carboxylic acids is 1. The topological polar surface area (TPSA) is 68.9 Å². The molecule has 6 heteroatoms. The fourth-order valence-corrected chi connectivity index (χ4v) is 4.15. The normalized spacial score (nSPS) is 11.6. The van der Waals surface area contributed by atoms with E-state index in [1.807, 2.05) is 36.4 Å². The molecule has 0 saturated heterocycles. The third kappa shape index (κ3) is 2.29. The summed E-state index contributed by atoms with van der Waals surface area (Å²) in [7, 11) is 0. The number of benzene rings is 2. The van der Waals surface area contributed by atoms with Gasteiger partial charge in [0.25, 0.3) is 0 Å². The number of fused-ring (bicyclic) bond motifs is 2. The van der Waals surface area contributed by atoms with Crippen molar-refractivity contribution >= 4 is 59.6 Å². The van der Waals surface area contributed by atoms with Crippen LogP contribution in [-0.2, 0) is 4.79 Å². The lowest BCUT2D eigenvalue weighted by molar-refractivity contribution is -0.137. The van der Waals surface area contributed by atoms with Crippen molar-refractivity contribution in [2.75, 3.05) is 0 Å². The van der Waals surface area contributed by atoms with Gasteiger partial charge < -0.3 is 15.1 Å². The van der Waals surface area contributed by atoms with E-state index in [4.69, 9.17) is 0 Å². The summed E-state index contributed by atoms with van der Waals surface area (Å²) in [6.45, 7) is 0. The quantitative estimate of drug-likeness (QED) is 0.394. The predicted molar refractivity (Wildman–Crippen MR) is 101 cm³/mol. The van der Waals surface area contributed by atoms with Crippen LogP contribution in [0.25, 0.3) is 21.8 Å². The third-order valence-electron chi connectivity index (χ3n) is 4.26. The van der Waals surface area contributed by atoms with E-state index >= 15 is 0 Å². The number of aromatic amines is 2. The molecule has 0 bridgehead atoms. The van der Waals surface area contributed by atoms with Gasteiger partial charge in [0.15, 0.2) is 0 Å². The molecule has 0 atom stereocenters. The first-order chi connectivity index (χ1) is 11.6. The number of nitrogens with one attached hydrogen (secondary N) is 2. The lowest BCUT2D eigenvalue weighted by atomic mass is 9.91. The van der Waals surface area contributed by atoms with Crippen molar-refractivity contribution in [2.24, 2.45) is 0 Å². The van der Waals surface area contributed by atoms with E-state index in [9.17, 15) is 9.90 Å². The summed E-state index contributed by atoms with van der Waals surface area (Å²) >= 11 is 7.01. The minimum Gasteiger partial charge on any atom is -0.481 e. The van der Waals surface area contributed by atoms with E-state index in [0.29, 0.717) is 0 Å². The molecule has 4 nitrogen and oxygen atoms in total. The van der Waals surface area contributed by atoms with Gasteiger partial charge in [-0.1, -0.05) is 24.3 Å². The summed E-state index contributed by atoms with van der Waals surface area (Å²) in [4.78, 5) is 18.5. The first-order valence-corrected chi connectivity index (χ1v) is 8.90. The number of aromatic nitrogens is 2. The molecule has 0 saturated carbocycles. The van der Waals surface area contributed by atoms with Crippen LogP contribution in [0.2, 0.25) is 0 Å². The Morgan fingerprint density at radius 3 is 1.75 bits per heavy atom. The molecule has 24 heavy (non-hydrogen) atoms. The van der Waals surface area contributed by atoms with E-state index in [2.05, 4.69) is 41.8 Å². The Hall–Kier alpha value is -2.05. The summed E-state index contributed by atoms with van der Waals surface area (Å²) < 4.78 is 1.83. The van der Waals surface area contributed by atoms with Crippen molar-refractivity contribution in [2.45, 2.75) is 5.92 Å². The monoisotopic (exact) mass is 446 g/mol. The minimum absolute atomic E-state index is 0.750. The van der Waals surface area contributed by atoms with E-state index in [-0.39, 0.29) is 0 Å². The van der Waals surface area contributed by atoms with Crippen molar-refractivity contribution in [1.29, 1.82) is 0 Å². The van der Waals surface area contributed by atoms with Crippen LogP contribution in [0.4, 0.5) is 0 Å². The van der Waals surface area contributed by atoms with Crippen LogP contribution in [0.1, 0.15) is 17.0 Å². The van der Waals surface area contributed by atoms with Gasteiger partial charge in [0.1, 0.15) is 5.92 Å². The van der Waals surface area contributed by atoms with E-state index in [1.165, 1.54) is 0 Å². The molecule has 2 aromatic carbocycles. The maximum atomic E-state index is 12.1. The molecule has 120 valence electrons. The van der Waals surface area contributed by atoms with E-state index < -0.39 is 11.9 Å². The number of para-hydroxylation sites is 2. The fourth-order valence-electron chi connectivity index (χ4n) is 3.19. The lowest BCUT2D eigenvalue weighted by Crippen LogP contribution is -2.12. The summed E-state index contributed by atoms with van der Waals surface area (Å²) in [5.74, 6) is -1.63. The van der Waals surface area contributed by atoms with Crippen LogP contribution < -0.4 is 0 Å². The van der Waals surface area contributed by atoms with Gasteiger partial charge in [0.05, 0.1) is 11.0 Å². The average Bonchev–Trinajstić information content (AvgIpc) is 3.15. The van der Waals surface area contributed by atoms with Crippen molar-refractivity contribution in [3.8, 4) is 0 Å². The van der Waals surface area contributed by atoms with Gasteiger partial charge in [-0.15, -0.1) is 0 Å². The fraction of sp³-hybridized carbons (Fsp3) is 0.0556. The van der Waals surface area contributed by atoms with Gasteiger partial charge in [-0.05, 0) is 55.1 Å². The summed E-state index contributed by atoms with van der Waals surface area (Å²) in [6.07, 6.45) is 3.57. The molecule has 0 fully saturated rings. The van der Waals surface area contributed by atoms with Crippen LogP contribution in [0.15, 0.2) is 57.7 Å². The predicted octanol–water partition coefficient (Wildman–Crippen LogP) is 5.39. The lowest BCUT2D eigenvalue weighted by Gasteiger charge is -2.11. The number of carboxylic acid groups (broad SMARTS) is 1. The molecular formula is C18H12Br2N2O2. The molecule has 0 spiro atoms. The number of halogens is 2. The zero-order valence-electron chi connectivity index (χ0n) is 12.3. The second-order valence-electron chi connectivity index (χ2n) is 5.58. The third-order valence-corrected chi connectivity index (χ3v) is 5.58. The standard InChI is InChI=1S/C18H12Br2N2O2/c19-13-5-1-3-9-11(7-21-16(9)13)15(18(23)24)12-8-22-17-10(12)4-2-6-14(17)20/h1-8,15,21-22H,(H,23,24). The van der Waals surface area contributed by atoms with Gasteiger partial charge in [0, 0.05) is 32.1 Å². The second kappa shape index (κ2) is 5.79. The van der Waals surface area contributed by atoms with E-state index in [0.717, 1.165) is 41.9 Å². The van der Waals surface area contributed by atoms with Gasteiger partial charge in [-0.25, -0.2) is 0 Å². The smallest absolute Gasteiger partial charge is 0.315 e. The minimum atomic E-state index is -0.878. The molecule has 0 aliphatic heterocycles. The molecule has 2 aromatic heterocycles. The SMILES string of the molecule is O=C(O)C(c1c[nH]c2c(Br)cccc12)c1c[nH]c2c(Br)cccc12. The highest BCUT2D eigenvalue weighted by atomic mass is 79.9.